The van der Waals surface area contributed by atoms with Crippen LogP contribution >= 0.6 is 11.3 Å². The second-order valence-corrected chi connectivity index (χ2v) is 7.23. The van der Waals surface area contributed by atoms with Crippen LogP contribution in [-0.2, 0) is 11.3 Å². The Morgan fingerprint density at radius 2 is 2.26 bits per heavy atom. The van der Waals surface area contributed by atoms with Crippen LogP contribution in [0.15, 0.2) is 0 Å². The Morgan fingerprint density at radius 1 is 1.53 bits per heavy atom. The largest absolute Gasteiger partial charge is 0.350 e. The molecule has 0 radical (unpaired) electrons. The standard InChI is InChI=1S/C14H23N3OS/c1-9-11(19-10(2)17-9)8-16-13(18)12-14(3,4)6-5-7-15-12/h12,15H,5-8H2,1-4H3,(H,16,18). The van der Waals surface area contributed by atoms with E-state index < -0.39 is 0 Å². The molecule has 1 aliphatic heterocycles. The van der Waals surface area contributed by atoms with E-state index in [0.717, 1.165) is 35.0 Å². The van der Waals surface area contributed by atoms with E-state index in [-0.39, 0.29) is 17.4 Å². The molecule has 0 saturated carbocycles. The van der Waals surface area contributed by atoms with E-state index in [4.69, 9.17) is 0 Å². The van der Waals surface area contributed by atoms with Crippen LogP contribution in [0.4, 0.5) is 0 Å². The summed E-state index contributed by atoms with van der Waals surface area (Å²) in [5, 5.41) is 7.44. The van der Waals surface area contributed by atoms with Gasteiger partial charge >= 0.3 is 0 Å². The summed E-state index contributed by atoms with van der Waals surface area (Å²) in [4.78, 5) is 17.8. The molecule has 1 fully saturated rings. The van der Waals surface area contributed by atoms with Crippen LogP contribution in [0.25, 0.3) is 0 Å². The van der Waals surface area contributed by atoms with Gasteiger partial charge in [0.2, 0.25) is 5.91 Å². The predicted molar refractivity (Wildman–Crippen MR) is 78.2 cm³/mol. The molecule has 2 heterocycles. The third kappa shape index (κ3) is 3.34. The molecule has 1 saturated heterocycles. The highest BCUT2D eigenvalue weighted by Crippen LogP contribution is 2.30. The van der Waals surface area contributed by atoms with Crippen molar-refractivity contribution in [3.8, 4) is 0 Å². The van der Waals surface area contributed by atoms with Gasteiger partial charge in [0.05, 0.1) is 23.3 Å². The molecule has 106 valence electrons. The fourth-order valence-corrected chi connectivity index (χ4v) is 3.54. The van der Waals surface area contributed by atoms with Crippen LogP contribution in [0.3, 0.4) is 0 Å². The number of aryl methyl sites for hydroxylation is 2. The molecule has 5 heteroatoms. The van der Waals surface area contributed by atoms with Gasteiger partial charge in [-0.15, -0.1) is 11.3 Å². The van der Waals surface area contributed by atoms with Crippen LogP contribution in [0.5, 0.6) is 0 Å². The Labute approximate surface area is 119 Å². The number of carbonyl (C=O) groups excluding carboxylic acids is 1. The quantitative estimate of drug-likeness (QED) is 0.892. The molecule has 0 spiro atoms. The number of nitrogens with zero attached hydrogens (tertiary/aromatic N) is 1. The van der Waals surface area contributed by atoms with Crippen molar-refractivity contribution in [3.63, 3.8) is 0 Å². The van der Waals surface area contributed by atoms with Crippen LogP contribution in [0.1, 0.15) is 42.3 Å². The monoisotopic (exact) mass is 281 g/mol. The number of aromatic nitrogens is 1. The Bertz CT molecular complexity index is 467. The fourth-order valence-electron chi connectivity index (χ4n) is 2.67. The van der Waals surface area contributed by atoms with Gasteiger partial charge in [0.25, 0.3) is 0 Å². The van der Waals surface area contributed by atoms with Crippen molar-refractivity contribution >= 4 is 17.2 Å². The van der Waals surface area contributed by atoms with Crippen LogP contribution < -0.4 is 10.6 Å². The highest BCUT2D eigenvalue weighted by atomic mass is 32.1. The molecule has 0 aliphatic carbocycles. The molecule has 2 rings (SSSR count). The second kappa shape index (κ2) is 5.59. The van der Waals surface area contributed by atoms with Crippen molar-refractivity contribution in [3.05, 3.63) is 15.6 Å². The SMILES string of the molecule is Cc1nc(C)c(CNC(=O)C2NCCCC2(C)C)s1. The first-order valence-electron chi connectivity index (χ1n) is 6.84. The van der Waals surface area contributed by atoms with E-state index in [1.54, 1.807) is 11.3 Å². The second-order valence-electron chi connectivity index (χ2n) is 5.94. The van der Waals surface area contributed by atoms with Gasteiger partial charge in [-0.3, -0.25) is 4.79 Å². The lowest BCUT2D eigenvalue weighted by Crippen LogP contribution is -2.55. The van der Waals surface area contributed by atoms with Gasteiger partial charge in [-0.2, -0.15) is 0 Å². The Morgan fingerprint density at radius 3 is 2.84 bits per heavy atom. The van der Waals surface area contributed by atoms with E-state index in [0.29, 0.717) is 6.54 Å². The molecule has 1 unspecified atom stereocenters. The van der Waals surface area contributed by atoms with E-state index in [1.807, 2.05) is 13.8 Å². The highest BCUT2D eigenvalue weighted by molar-refractivity contribution is 7.11. The zero-order valence-electron chi connectivity index (χ0n) is 12.2. The summed E-state index contributed by atoms with van der Waals surface area (Å²) in [5.41, 5.74) is 1.06. The summed E-state index contributed by atoms with van der Waals surface area (Å²) in [5.74, 6) is 0.107. The first kappa shape index (κ1) is 14.5. The zero-order chi connectivity index (χ0) is 14.0. The lowest BCUT2D eigenvalue weighted by Gasteiger charge is -2.38. The van der Waals surface area contributed by atoms with Crippen LogP contribution in [-0.4, -0.2) is 23.5 Å². The zero-order valence-corrected chi connectivity index (χ0v) is 13.0. The number of carbonyl (C=O) groups is 1. The van der Waals surface area contributed by atoms with Gasteiger partial charge < -0.3 is 10.6 Å². The fraction of sp³-hybridized carbons (Fsp3) is 0.714. The summed E-state index contributed by atoms with van der Waals surface area (Å²) in [6.07, 6.45) is 2.24. The lowest BCUT2D eigenvalue weighted by atomic mass is 9.77. The molecule has 1 aromatic heterocycles. The van der Waals surface area contributed by atoms with Gasteiger partial charge in [-0.25, -0.2) is 4.98 Å². The number of nitrogens with one attached hydrogen (secondary N) is 2. The molecule has 4 nitrogen and oxygen atoms in total. The normalized spacial score (nSPS) is 22.2. The third-order valence-corrected chi connectivity index (χ3v) is 4.89. The Hall–Kier alpha value is -0.940. The minimum atomic E-state index is -0.0874. The van der Waals surface area contributed by atoms with Gasteiger partial charge in [0.15, 0.2) is 0 Å². The summed E-state index contributed by atoms with van der Waals surface area (Å²) in [7, 11) is 0. The van der Waals surface area contributed by atoms with Crippen molar-refractivity contribution < 1.29 is 4.79 Å². The summed E-state index contributed by atoms with van der Waals surface area (Å²) in [6.45, 7) is 9.82. The summed E-state index contributed by atoms with van der Waals surface area (Å²) >= 11 is 1.66. The molecule has 1 aliphatic rings. The maximum atomic E-state index is 12.3. The minimum Gasteiger partial charge on any atom is -0.350 e. The van der Waals surface area contributed by atoms with Crippen molar-refractivity contribution in [1.29, 1.82) is 0 Å². The smallest absolute Gasteiger partial charge is 0.237 e. The Balaban J connectivity index is 1.96. The van der Waals surface area contributed by atoms with Crippen molar-refractivity contribution in [2.45, 2.75) is 53.1 Å². The van der Waals surface area contributed by atoms with Gasteiger partial charge in [-0.05, 0) is 38.6 Å². The highest BCUT2D eigenvalue weighted by Gasteiger charge is 2.36. The van der Waals surface area contributed by atoms with Gasteiger partial charge in [0, 0.05) is 4.88 Å². The predicted octanol–water partition coefficient (Wildman–Crippen LogP) is 2.15. The number of amides is 1. The Kier molecular flexibility index (Phi) is 4.26. The molecule has 2 N–H and O–H groups in total. The first-order valence-corrected chi connectivity index (χ1v) is 7.66. The lowest BCUT2D eigenvalue weighted by molar-refractivity contribution is -0.126. The van der Waals surface area contributed by atoms with E-state index >= 15 is 0 Å². The first-order chi connectivity index (χ1) is 8.90. The molecule has 0 aromatic carbocycles. The van der Waals surface area contributed by atoms with E-state index in [2.05, 4.69) is 29.5 Å². The van der Waals surface area contributed by atoms with Crippen molar-refractivity contribution in [2.75, 3.05) is 6.54 Å². The summed E-state index contributed by atoms with van der Waals surface area (Å²) < 4.78 is 0. The number of rotatable bonds is 3. The van der Waals surface area contributed by atoms with Crippen molar-refractivity contribution in [2.24, 2.45) is 5.41 Å². The molecular weight excluding hydrogens is 258 g/mol. The van der Waals surface area contributed by atoms with Crippen molar-refractivity contribution in [1.82, 2.24) is 15.6 Å². The maximum Gasteiger partial charge on any atom is 0.237 e. The average molecular weight is 281 g/mol. The number of thiazole rings is 1. The topological polar surface area (TPSA) is 54.0 Å². The van der Waals surface area contributed by atoms with Crippen LogP contribution in [0.2, 0.25) is 0 Å². The van der Waals surface area contributed by atoms with Gasteiger partial charge in [-0.1, -0.05) is 13.8 Å². The molecule has 1 amide bonds. The van der Waals surface area contributed by atoms with E-state index in [9.17, 15) is 4.79 Å². The maximum absolute atomic E-state index is 12.3. The summed E-state index contributed by atoms with van der Waals surface area (Å²) in [6, 6.07) is -0.0874. The number of hydrogen-bond donors (Lipinski definition) is 2. The molecule has 1 atom stereocenters. The number of hydrogen-bond acceptors (Lipinski definition) is 4. The molecular formula is C14H23N3OS. The van der Waals surface area contributed by atoms with E-state index in [1.165, 1.54) is 0 Å². The average Bonchev–Trinajstić information content (AvgIpc) is 2.64. The molecule has 0 bridgehead atoms. The minimum absolute atomic E-state index is 0.0288. The van der Waals surface area contributed by atoms with Gasteiger partial charge in [0.1, 0.15) is 0 Å². The number of piperidine rings is 1. The molecule has 19 heavy (non-hydrogen) atoms. The third-order valence-electron chi connectivity index (χ3n) is 3.81. The van der Waals surface area contributed by atoms with Crippen LogP contribution in [0, 0.1) is 19.3 Å². The molecule has 1 aromatic rings.